The zero-order chi connectivity index (χ0) is 35.9. The number of aliphatic imine (C=N–C) groups is 2. The fourth-order valence-corrected chi connectivity index (χ4v) is 11.4. The molecular formula is C34H47FN4O6SSi. The number of halogens is 1. The van der Waals surface area contributed by atoms with Crippen molar-refractivity contribution < 1.29 is 32.6 Å². The molecule has 13 heteroatoms. The normalized spacial score (nSPS) is 13.4. The minimum Gasteiger partial charge on any atom is -0.541 e. The lowest BCUT2D eigenvalue weighted by Crippen LogP contribution is -2.51. The number of amides is 1. The highest BCUT2D eigenvalue weighted by Crippen LogP contribution is 2.44. The maximum absolute atomic E-state index is 16.8. The van der Waals surface area contributed by atoms with Crippen molar-refractivity contribution in [2.24, 2.45) is 15.7 Å². The lowest BCUT2D eigenvalue weighted by molar-refractivity contribution is -0.156. The van der Waals surface area contributed by atoms with Crippen LogP contribution in [0.1, 0.15) is 85.0 Å². The molecule has 2 rings (SSSR count). The summed E-state index contributed by atoms with van der Waals surface area (Å²) in [6.45, 7) is 17.7. The van der Waals surface area contributed by atoms with E-state index in [0.29, 0.717) is 5.75 Å². The Morgan fingerprint density at radius 2 is 1.62 bits per heavy atom. The molecule has 0 saturated heterocycles. The topological polar surface area (TPSA) is 146 Å². The van der Waals surface area contributed by atoms with E-state index in [1.807, 2.05) is 6.07 Å². The van der Waals surface area contributed by atoms with Crippen LogP contribution in [0, 0.1) is 17.1 Å². The number of methoxy groups -OCH3 is 2. The molecule has 47 heavy (non-hydrogen) atoms. The van der Waals surface area contributed by atoms with E-state index in [1.165, 1.54) is 44.6 Å². The number of thioether (sulfide) groups is 1. The molecule has 2 N–H and O–H groups in total. The van der Waals surface area contributed by atoms with Gasteiger partial charge >= 0.3 is 12.1 Å². The number of carbonyl (C=O) groups excluding carboxylic acids is 2. The summed E-state index contributed by atoms with van der Waals surface area (Å²) in [5, 5.41) is 9.82. The van der Waals surface area contributed by atoms with Crippen molar-refractivity contribution in [1.29, 1.82) is 5.26 Å². The predicted octanol–water partition coefficient (Wildman–Crippen LogP) is 8.25. The molecule has 0 aromatic heterocycles. The van der Waals surface area contributed by atoms with E-state index in [1.54, 1.807) is 27.0 Å². The standard InChI is InChI=1S/C34H47FN4O6SSi/c1-19(2)47(20(3)4,21(5)6)45-27-17-24(42-10)16-26(28(27)35)30(31(46-12)39-33(41)43-11)38-23-14-13-22(18-36)25(15-23)29(37)32(40)44-34(7,8)9/h13-17,19-21,29H,37H2,1-12H3/b38-30+,39-31-. The van der Waals surface area contributed by atoms with Crippen LogP contribution in [-0.4, -0.2) is 57.2 Å². The molecule has 1 atom stereocenters. The third kappa shape index (κ3) is 9.43. The van der Waals surface area contributed by atoms with Gasteiger partial charge in [-0.15, -0.1) is 11.8 Å². The van der Waals surface area contributed by atoms with Gasteiger partial charge in [-0.2, -0.15) is 10.3 Å². The summed E-state index contributed by atoms with van der Waals surface area (Å²) in [5.74, 6) is -1.15. The molecule has 1 unspecified atom stereocenters. The van der Waals surface area contributed by atoms with E-state index in [4.69, 9.17) is 29.4 Å². The van der Waals surface area contributed by atoms with Gasteiger partial charge in [0.1, 0.15) is 33.9 Å². The molecule has 0 spiro atoms. The average molecular weight is 687 g/mol. The maximum atomic E-state index is 16.8. The first-order valence-corrected chi connectivity index (χ1v) is 18.6. The largest absolute Gasteiger partial charge is 0.541 e. The number of nitrogens with zero attached hydrogens (tertiary/aromatic N) is 3. The Balaban J connectivity index is 2.97. The van der Waals surface area contributed by atoms with Gasteiger partial charge in [0.25, 0.3) is 8.32 Å². The number of esters is 1. The Bertz CT molecular complexity index is 1540. The van der Waals surface area contributed by atoms with E-state index in [-0.39, 0.29) is 55.5 Å². The molecule has 0 aliphatic rings. The van der Waals surface area contributed by atoms with Crippen molar-refractivity contribution in [1.82, 2.24) is 0 Å². The van der Waals surface area contributed by atoms with E-state index in [2.05, 4.69) is 46.5 Å². The van der Waals surface area contributed by atoms with E-state index >= 15 is 4.39 Å². The summed E-state index contributed by atoms with van der Waals surface area (Å²) in [5.41, 5.74) is 6.34. The van der Waals surface area contributed by atoms with Crippen LogP contribution in [0.4, 0.5) is 14.9 Å². The summed E-state index contributed by atoms with van der Waals surface area (Å²) in [4.78, 5) is 34.0. The zero-order valence-electron chi connectivity index (χ0n) is 29.4. The monoisotopic (exact) mass is 686 g/mol. The number of ether oxygens (including phenoxy) is 3. The van der Waals surface area contributed by atoms with Crippen molar-refractivity contribution in [3.63, 3.8) is 0 Å². The molecule has 2 aromatic rings. The highest BCUT2D eigenvalue weighted by molar-refractivity contribution is 8.15. The van der Waals surface area contributed by atoms with Gasteiger partial charge in [-0.05, 0) is 73.5 Å². The second kappa shape index (κ2) is 16.4. The van der Waals surface area contributed by atoms with Crippen LogP contribution in [-0.2, 0) is 14.3 Å². The number of carbonyl (C=O) groups is 2. The van der Waals surface area contributed by atoms with Gasteiger partial charge in [-0.3, -0.25) is 0 Å². The first-order valence-electron chi connectivity index (χ1n) is 15.3. The van der Waals surface area contributed by atoms with Gasteiger partial charge in [-0.25, -0.2) is 19.0 Å². The lowest BCUT2D eigenvalue weighted by Gasteiger charge is -2.42. The quantitative estimate of drug-likeness (QED) is 0.107. The Labute approximate surface area is 283 Å². The van der Waals surface area contributed by atoms with Gasteiger partial charge in [-0.1, -0.05) is 41.5 Å². The van der Waals surface area contributed by atoms with Crippen LogP contribution in [0.25, 0.3) is 0 Å². The highest BCUT2D eigenvalue weighted by Gasteiger charge is 2.47. The van der Waals surface area contributed by atoms with Gasteiger partial charge in [0.15, 0.2) is 5.82 Å². The summed E-state index contributed by atoms with van der Waals surface area (Å²) in [6, 6.07) is 8.12. The molecule has 0 fully saturated rings. The molecule has 1 amide bonds. The Kier molecular flexibility index (Phi) is 13.8. The first kappa shape index (κ1) is 39.4. The Hall–Kier alpha value is -3.73. The fraction of sp³-hybridized carbons (Fsp3) is 0.500. The van der Waals surface area contributed by atoms with Crippen molar-refractivity contribution in [2.45, 2.75) is 90.6 Å². The molecule has 2 aromatic carbocycles. The number of rotatable bonds is 11. The smallest absolute Gasteiger partial charge is 0.434 e. The van der Waals surface area contributed by atoms with Crippen LogP contribution < -0.4 is 14.9 Å². The van der Waals surface area contributed by atoms with Crippen LogP contribution in [0.5, 0.6) is 11.5 Å². The van der Waals surface area contributed by atoms with Gasteiger partial charge in [0, 0.05) is 11.6 Å². The lowest BCUT2D eigenvalue weighted by atomic mass is 10.00. The van der Waals surface area contributed by atoms with Crippen molar-refractivity contribution in [3.8, 4) is 17.6 Å². The van der Waals surface area contributed by atoms with Gasteiger partial charge < -0.3 is 24.4 Å². The Morgan fingerprint density at radius 1 is 1.02 bits per heavy atom. The predicted molar refractivity (Wildman–Crippen MR) is 188 cm³/mol. The number of nitrogens with two attached hydrogens (primary N) is 1. The maximum Gasteiger partial charge on any atom is 0.434 e. The van der Waals surface area contributed by atoms with Crippen molar-refractivity contribution in [2.75, 3.05) is 20.5 Å². The summed E-state index contributed by atoms with van der Waals surface area (Å²) in [6.07, 6.45) is 0.740. The van der Waals surface area contributed by atoms with E-state index in [0.717, 1.165) is 11.8 Å². The molecule has 0 aliphatic heterocycles. The molecule has 0 bridgehead atoms. The average Bonchev–Trinajstić information content (AvgIpc) is 3.00. The summed E-state index contributed by atoms with van der Waals surface area (Å²) in [7, 11) is 0.00834. The van der Waals surface area contributed by atoms with Crippen LogP contribution in [0.2, 0.25) is 16.6 Å². The second-order valence-corrected chi connectivity index (χ2v) is 19.0. The van der Waals surface area contributed by atoms with Gasteiger partial charge in [0.2, 0.25) is 0 Å². The molecule has 0 saturated carbocycles. The molecule has 0 radical (unpaired) electrons. The molecule has 0 heterocycles. The van der Waals surface area contributed by atoms with E-state index < -0.39 is 37.8 Å². The van der Waals surface area contributed by atoms with Crippen LogP contribution >= 0.6 is 11.8 Å². The van der Waals surface area contributed by atoms with E-state index in [9.17, 15) is 14.9 Å². The minimum absolute atomic E-state index is 0.000744. The number of hydrogen-bond donors (Lipinski definition) is 1. The minimum atomic E-state index is -2.63. The number of hydrogen-bond acceptors (Lipinski definition) is 10. The molecule has 0 aliphatic carbocycles. The van der Waals surface area contributed by atoms with Gasteiger partial charge in [0.05, 0.1) is 31.5 Å². The SMILES string of the molecule is COC(=O)/N=C(SC)/C(=N/c1ccc(C#N)c(C(N)C(=O)OC(C)(C)C)c1)c1cc(OC)cc(O[Si](C(C)C)(C(C)C)C(C)C)c1F. The summed E-state index contributed by atoms with van der Waals surface area (Å²) >= 11 is 1.05. The number of benzene rings is 2. The fourth-order valence-electron chi connectivity index (χ4n) is 5.63. The van der Waals surface area contributed by atoms with Crippen LogP contribution in [0.3, 0.4) is 0 Å². The van der Waals surface area contributed by atoms with Crippen molar-refractivity contribution >= 4 is 48.6 Å². The molecule has 10 nitrogen and oxygen atoms in total. The zero-order valence-corrected chi connectivity index (χ0v) is 31.2. The molecule has 256 valence electrons. The number of nitriles is 1. The first-order chi connectivity index (χ1) is 21.9. The highest BCUT2D eigenvalue weighted by atomic mass is 32.2. The molecular weight excluding hydrogens is 640 g/mol. The van der Waals surface area contributed by atoms with Crippen molar-refractivity contribution in [3.05, 3.63) is 52.8 Å². The van der Waals surface area contributed by atoms with Crippen LogP contribution in [0.15, 0.2) is 40.3 Å². The third-order valence-corrected chi connectivity index (χ3v) is 14.3. The summed E-state index contributed by atoms with van der Waals surface area (Å²) < 4.78 is 39.4. The third-order valence-electron chi connectivity index (χ3n) is 7.65. The second-order valence-electron chi connectivity index (χ2n) is 12.9. The Morgan fingerprint density at radius 3 is 2.09 bits per heavy atom.